The summed E-state index contributed by atoms with van der Waals surface area (Å²) in [4.78, 5) is 10.9. The van der Waals surface area contributed by atoms with Crippen LogP contribution >= 0.6 is 0 Å². The molecule has 0 amide bonds. The van der Waals surface area contributed by atoms with Gasteiger partial charge in [-0.1, -0.05) is 25.8 Å². The lowest BCUT2D eigenvalue weighted by Gasteiger charge is -2.11. The third-order valence-electron chi connectivity index (χ3n) is 2.46. The molecular weight excluding hydrogens is 188 g/mol. The summed E-state index contributed by atoms with van der Waals surface area (Å²) in [6.45, 7) is 10.5. The highest BCUT2D eigenvalue weighted by Gasteiger charge is 2.04. The van der Waals surface area contributed by atoms with Crippen LogP contribution in [0.15, 0.2) is 12.2 Å². The quantitative estimate of drug-likeness (QED) is 0.453. The summed E-state index contributed by atoms with van der Waals surface area (Å²) in [6, 6.07) is 0. The summed E-state index contributed by atoms with van der Waals surface area (Å²) in [6.07, 6.45) is 4.94. The topological polar surface area (TPSA) is 26.3 Å². The number of ether oxygens (including phenoxy) is 1. The molecule has 0 fully saturated rings. The van der Waals surface area contributed by atoms with Crippen LogP contribution in [0.25, 0.3) is 0 Å². The molecule has 0 unspecified atom stereocenters. The Bertz CT molecular complexity index is 197. The Morgan fingerprint density at radius 2 is 2.07 bits per heavy atom. The molecular formula is C13H24O2. The molecule has 0 heterocycles. The van der Waals surface area contributed by atoms with Crippen molar-refractivity contribution < 1.29 is 9.53 Å². The number of carbonyl (C=O) groups excluding carboxylic acids is 1. The van der Waals surface area contributed by atoms with E-state index in [0.29, 0.717) is 18.9 Å². The van der Waals surface area contributed by atoms with Gasteiger partial charge in [0, 0.05) is 6.42 Å². The zero-order valence-electron chi connectivity index (χ0n) is 10.3. The van der Waals surface area contributed by atoms with Crippen LogP contribution in [0.1, 0.15) is 52.9 Å². The first-order valence-electron chi connectivity index (χ1n) is 5.86. The molecule has 0 aromatic heterocycles. The second-order valence-electron chi connectivity index (χ2n) is 4.32. The molecule has 1 atom stereocenters. The molecule has 0 bridgehead atoms. The minimum Gasteiger partial charge on any atom is -0.466 e. The van der Waals surface area contributed by atoms with Gasteiger partial charge in [0.05, 0.1) is 6.61 Å². The first-order valence-corrected chi connectivity index (χ1v) is 5.86. The lowest BCUT2D eigenvalue weighted by atomic mass is 9.99. The fourth-order valence-electron chi connectivity index (χ4n) is 1.37. The highest BCUT2D eigenvalue weighted by molar-refractivity contribution is 5.68. The van der Waals surface area contributed by atoms with Crippen molar-refractivity contribution in [1.82, 2.24) is 0 Å². The molecule has 0 aliphatic heterocycles. The minimum atomic E-state index is -0.0934. The maximum atomic E-state index is 10.9. The Balaban J connectivity index is 3.37. The summed E-state index contributed by atoms with van der Waals surface area (Å²) in [5, 5.41) is 0. The van der Waals surface area contributed by atoms with E-state index in [1.165, 1.54) is 18.4 Å². The third kappa shape index (κ3) is 9.51. The maximum absolute atomic E-state index is 10.9. The second-order valence-corrected chi connectivity index (χ2v) is 4.32. The molecule has 15 heavy (non-hydrogen) atoms. The third-order valence-corrected chi connectivity index (χ3v) is 2.46. The molecule has 0 N–H and O–H groups in total. The number of hydrogen-bond acceptors (Lipinski definition) is 2. The Labute approximate surface area is 93.7 Å². The van der Waals surface area contributed by atoms with Gasteiger partial charge in [-0.05, 0) is 32.1 Å². The summed E-state index contributed by atoms with van der Waals surface area (Å²) < 4.78 is 5.03. The van der Waals surface area contributed by atoms with E-state index >= 15 is 0 Å². The normalized spacial score (nSPS) is 12.2. The van der Waals surface area contributed by atoms with E-state index in [0.717, 1.165) is 12.8 Å². The van der Waals surface area contributed by atoms with Crippen LogP contribution in [0.5, 0.6) is 0 Å². The van der Waals surface area contributed by atoms with Crippen molar-refractivity contribution in [1.29, 1.82) is 0 Å². The molecule has 88 valence electrons. The van der Waals surface area contributed by atoms with E-state index in [4.69, 9.17) is 4.74 Å². The van der Waals surface area contributed by atoms with E-state index in [-0.39, 0.29) is 5.97 Å². The first-order chi connectivity index (χ1) is 7.06. The minimum absolute atomic E-state index is 0.0934. The fraction of sp³-hybridized carbons (Fsp3) is 0.769. The molecule has 0 saturated heterocycles. The predicted octanol–water partition coefficient (Wildman–Crippen LogP) is 3.71. The lowest BCUT2D eigenvalue weighted by molar-refractivity contribution is -0.143. The molecule has 0 spiro atoms. The molecule has 2 heteroatoms. The Kier molecular flexibility index (Phi) is 8.06. The fourth-order valence-corrected chi connectivity index (χ4v) is 1.37. The highest BCUT2D eigenvalue weighted by atomic mass is 16.5. The standard InChI is InChI=1S/C13H24O2/c1-5-13(14)15-10-9-12(4)8-6-7-11(2)3/h12H,2,5-10H2,1,3-4H3/t12-/m1/s1. The summed E-state index contributed by atoms with van der Waals surface area (Å²) in [5.41, 5.74) is 1.25. The summed E-state index contributed by atoms with van der Waals surface area (Å²) >= 11 is 0. The molecule has 0 radical (unpaired) electrons. The Hall–Kier alpha value is -0.790. The molecule has 0 saturated carbocycles. The van der Waals surface area contributed by atoms with Crippen LogP contribution in [0.4, 0.5) is 0 Å². The SMILES string of the molecule is C=C(C)CCC[C@@H](C)CCOC(=O)CC. The monoisotopic (exact) mass is 212 g/mol. The summed E-state index contributed by atoms with van der Waals surface area (Å²) in [7, 11) is 0. The number of esters is 1. The molecule has 2 nitrogen and oxygen atoms in total. The molecule has 0 aromatic rings. The van der Waals surface area contributed by atoms with Crippen molar-refractivity contribution in [2.75, 3.05) is 6.61 Å². The van der Waals surface area contributed by atoms with Gasteiger partial charge in [-0.15, -0.1) is 6.58 Å². The second kappa shape index (κ2) is 8.51. The number of hydrogen-bond donors (Lipinski definition) is 0. The highest BCUT2D eigenvalue weighted by Crippen LogP contribution is 2.14. The van der Waals surface area contributed by atoms with Crippen LogP contribution in [0.2, 0.25) is 0 Å². The van der Waals surface area contributed by atoms with E-state index in [1.54, 1.807) is 0 Å². The maximum Gasteiger partial charge on any atom is 0.305 e. The van der Waals surface area contributed by atoms with E-state index in [1.807, 2.05) is 6.92 Å². The number of allylic oxidation sites excluding steroid dienone is 1. The zero-order valence-corrected chi connectivity index (χ0v) is 10.3. The van der Waals surface area contributed by atoms with Crippen LogP contribution in [-0.4, -0.2) is 12.6 Å². The van der Waals surface area contributed by atoms with Crippen molar-refractivity contribution in [3.63, 3.8) is 0 Å². The van der Waals surface area contributed by atoms with Crippen LogP contribution in [0.3, 0.4) is 0 Å². The van der Waals surface area contributed by atoms with Gasteiger partial charge in [-0.2, -0.15) is 0 Å². The lowest BCUT2D eigenvalue weighted by Crippen LogP contribution is -2.07. The zero-order chi connectivity index (χ0) is 11.7. The van der Waals surface area contributed by atoms with Crippen LogP contribution < -0.4 is 0 Å². The van der Waals surface area contributed by atoms with E-state index < -0.39 is 0 Å². The van der Waals surface area contributed by atoms with Crippen LogP contribution in [-0.2, 0) is 9.53 Å². The Morgan fingerprint density at radius 3 is 2.60 bits per heavy atom. The Morgan fingerprint density at radius 1 is 1.40 bits per heavy atom. The largest absolute Gasteiger partial charge is 0.466 e. The van der Waals surface area contributed by atoms with Crippen molar-refractivity contribution in [3.05, 3.63) is 12.2 Å². The molecule has 0 aromatic carbocycles. The van der Waals surface area contributed by atoms with Gasteiger partial charge >= 0.3 is 5.97 Å². The molecule has 0 rings (SSSR count). The first kappa shape index (κ1) is 14.2. The molecule has 0 aliphatic carbocycles. The van der Waals surface area contributed by atoms with Gasteiger partial charge < -0.3 is 4.74 Å². The average Bonchev–Trinajstić information content (AvgIpc) is 2.17. The van der Waals surface area contributed by atoms with Gasteiger partial charge in [0.1, 0.15) is 0 Å². The smallest absolute Gasteiger partial charge is 0.305 e. The van der Waals surface area contributed by atoms with Crippen molar-refractivity contribution in [2.45, 2.75) is 52.9 Å². The molecule has 0 aliphatic rings. The van der Waals surface area contributed by atoms with Crippen molar-refractivity contribution >= 4 is 5.97 Å². The van der Waals surface area contributed by atoms with Gasteiger partial charge in [0.15, 0.2) is 0 Å². The number of carbonyl (C=O) groups is 1. The summed E-state index contributed by atoms with van der Waals surface area (Å²) in [5.74, 6) is 0.540. The van der Waals surface area contributed by atoms with E-state index in [2.05, 4.69) is 20.4 Å². The van der Waals surface area contributed by atoms with E-state index in [9.17, 15) is 4.79 Å². The van der Waals surface area contributed by atoms with Gasteiger partial charge in [0.25, 0.3) is 0 Å². The average molecular weight is 212 g/mol. The predicted molar refractivity (Wildman–Crippen MR) is 63.7 cm³/mol. The van der Waals surface area contributed by atoms with Crippen molar-refractivity contribution in [3.8, 4) is 0 Å². The van der Waals surface area contributed by atoms with Gasteiger partial charge in [0.2, 0.25) is 0 Å². The van der Waals surface area contributed by atoms with Crippen molar-refractivity contribution in [2.24, 2.45) is 5.92 Å². The number of rotatable bonds is 8. The van der Waals surface area contributed by atoms with Crippen LogP contribution in [0, 0.1) is 5.92 Å². The van der Waals surface area contributed by atoms with Gasteiger partial charge in [-0.3, -0.25) is 4.79 Å². The van der Waals surface area contributed by atoms with Gasteiger partial charge in [-0.25, -0.2) is 0 Å².